The van der Waals surface area contributed by atoms with Gasteiger partial charge < -0.3 is 15.0 Å². The molecule has 2 heterocycles. The number of hydrogen-bond donors (Lipinski definition) is 1. The first-order valence-electron chi connectivity index (χ1n) is 8.66. The smallest absolute Gasteiger partial charge is 0.0684 e. The summed E-state index contributed by atoms with van der Waals surface area (Å²) in [6, 6.07) is 0.663. The molecule has 1 N–H and O–H groups in total. The molecule has 3 heteroatoms. The van der Waals surface area contributed by atoms with Gasteiger partial charge in [-0.15, -0.1) is 0 Å². The molecule has 3 fully saturated rings. The number of piperidine rings is 1. The second kappa shape index (κ2) is 5.94. The van der Waals surface area contributed by atoms with Crippen molar-refractivity contribution < 1.29 is 4.74 Å². The molecule has 3 nitrogen and oxygen atoms in total. The Labute approximate surface area is 124 Å². The zero-order chi connectivity index (χ0) is 14.2. The molecule has 1 aliphatic carbocycles. The summed E-state index contributed by atoms with van der Waals surface area (Å²) in [5.74, 6) is 1.70. The summed E-state index contributed by atoms with van der Waals surface area (Å²) in [7, 11) is 0. The largest absolute Gasteiger partial charge is 0.377 e. The molecular formula is C17H32N2O. The molecule has 2 saturated heterocycles. The third-order valence-electron chi connectivity index (χ3n) is 6.00. The van der Waals surface area contributed by atoms with Gasteiger partial charge in [-0.25, -0.2) is 0 Å². The molecule has 0 amide bonds. The van der Waals surface area contributed by atoms with E-state index in [-0.39, 0.29) is 0 Å². The molecule has 3 aliphatic rings. The second-order valence-corrected chi connectivity index (χ2v) is 7.87. The summed E-state index contributed by atoms with van der Waals surface area (Å²) >= 11 is 0. The second-order valence-electron chi connectivity index (χ2n) is 7.87. The van der Waals surface area contributed by atoms with Gasteiger partial charge in [-0.05, 0) is 44.7 Å². The highest BCUT2D eigenvalue weighted by Crippen LogP contribution is 2.51. The molecule has 0 aromatic carbocycles. The average molecular weight is 280 g/mol. The van der Waals surface area contributed by atoms with Gasteiger partial charge in [0.25, 0.3) is 0 Å². The van der Waals surface area contributed by atoms with Gasteiger partial charge >= 0.3 is 0 Å². The van der Waals surface area contributed by atoms with E-state index in [9.17, 15) is 0 Å². The van der Waals surface area contributed by atoms with Crippen LogP contribution in [0.4, 0.5) is 0 Å². The van der Waals surface area contributed by atoms with Crippen molar-refractivity contribution in [3.05, 3.63) is 0 Å². The lowest BCUT2D eigenvalue weighted by Gasteiger charge is -2.60. The Morgan fingerprint density at radius 3 is 2.70 bits per heavy atom. The third-order valence-corrected chi connectivity index (χ3v) is 6.00. The van der Waals surface area contributed by atoms with Crippen LogP contribution >= 0.6 is 0 Å². The van der Waals surface area contributed by atoms with E-state index >= 15 is 0 Å². The quantitative estimate of drug-likeness (QED) is 0.856. The summed E-state index contributed by atoms with van der Waals surface area (Å²) in [5, 5.41) is 3.85. The minimum atomic E-state index is 0.321. The summed E-state index contributed by atoms with van der Waals surface area (Å²) in [4.78, 5) is 2.63. The summed E-state index contributed by atoms with van der Waals surface area (Å²) in [6.45, 7) is 13.1. The number of rotatable bonds is 4. The van der Waals surface area contributed by atoms with Crippen molar-refractivity contribution >= 4 is 0 Å². The van der Waals surface area contributed by atoms with Gasteiger partial charge in [0.05, 0.1) is 6.10 Å². The van der Waals surface area contributed by atoms with Crippen LogP contribution in [0.15, 0.2) is 0 Å². The predicted octanol–water partition coefficient (Wildman–Crippen LogP) is 2.51. The monoisotopic (exact) mass is 280 g/mol. The van der Waals surface area contributed by atoms with Crippen LogP contribution in [0.5, 0.6) is 0 Å². The number of likely N-dealkylation sites (tertiary alicyclic amines) is 1. The standard InChI is InChI=1S/C17H32N2O/c1-13-6-9-19(10-7-13)11-8-18-15-14-5-4-12-20-16(14)17(15,2)3/h13-16,18H,4-12H2,1-3H3. The average Bonchev–Trinajstić information content (AvgIpc) is 2.45. The van der Waals surface area contributed by atoms with Crippen molar-refractivity contribution in [2.45, 2.75) is 58.6 Å². The van der Waals surface area contributed by atoms with Crippen molar-refractivity contribution in [1.82, 2.24) is 10.2 Å². The zero-order valence-corrected chi connectivity index (χ0v) is 13.5. The molecule has 116 valence electrons. The number of fused-ring (bicyclic) bond motifs is 1. The van der Waals surface area contributed by atoms with E-state index in [0.29, 0.717) is 17.6 Å². The van der Waals surface area contributed by atoms with E-state index in [1.807, 2.05) is 0 Å². The van der Waals surface area contributed by atoms with E-state index in [4.69, 9.17) is 4.74 Å². The highest BCUT2D eigenvalue weighted by molar-refractivity contribution is 5.10. The molecule has 0 bridgehead atoms. The van der Waals surface area contributed by atoms with E-state index in [1.165, 1.54) is 45.3 Å². The van der Waals surface area contributed by atoms with Crippen LogP contribution < -0.4 is 5.32 Å². The Kier molecular flexibility index (Phi) is 4.40. The molecule has 2 aliphatic heterocycles. The molecule has 20 heavy (non-hydrogen) atoms. The fourth-order valence-electron chi connectivity index (χ4n) is 4.60. The number of ether oxygens (including phenoxy) is 1. The van der Waals surface area contributed by atoms with E-state index in [1.54, 1.807) is 0 Å². The fraction of sp³-hybridized carbons (Fsp3) is 1.00. The molecular weight excluding hydrogens is 248 g/mol. The fourth-order valence-corrected chi connectivity index (χ4v) is 4.60. The lowest BCUT2D eigenvalue weighted by Crippen LogP contribution is -2.69. The Balaban J connectivity index is 1.42. The van der Waals surface area contributed by atoms with Crippen molar-refractivity contribution in [3.8, 4) is 0 Å². The number of nitrogens with zero attached hydrogens (tertiary/aromatic N) is 1. The van der Waals surface area contributed by atoms with Gasteiger partial charge in [0.2, 0.25) is 0 Å². The van der Waals surface area contributed by atoms with E-state index in [0.717, 1.165) is 25.0 Å². The minimum Gasteiger partial charge on any atom is -0.377 e. The van der Waals surface area contributed by atoms with Gasteiger partial charge in [0.1, 0.15) is 0 Å². The van der Waals surface area contributed by atoms with Crippen LogP contribution in [-0.2, 0) is 4.74 Å². The van der Waals surface area contributed by atoms with Gasteiger partial charge in [0.15, 0.2) is 0 Å². The molecule has 3 rings (SSSR count). The first kappa shape index (κ1) is 14.8. The SMILES string of the molecule is CC1CCN(CCNC2C3CCCOC3C2(C)C)CC1. The Morgan fingerprint density at radius 1 is 1.20 bits per heavy atom. The highest BCUT2D eigenvalue weighted by Gasteiger charge is 2.57. The van der Waals surface area contributed by atoms with E-state index < -0.39 is 0 Å². The van der Waals surface area contributed by atoms with Crippen LogP contribution in [0.25, 0.3) is 0 Å². The van der Waals surface area contributed by atoms with Gasteiger partial charge in [0, 0.05) is 37.1 Å². The van der Waals surface area contributed by atoms with Crippen molar-refractivity contribution in [2.75, 3.05) is 32.8 Å². The number of hydrogen-bond acceptors (Lipinski definition) is 3. The lowest BCUT2D eigenvalue weighted by atomic mass is 9.55. The van der Waals surface area contributed by atoms with Crippen LogP contribution in [0.1, 0.15) is 46.5 Å². The first-order chi connectivity index (χ1) is 9.59. The van der Waals surface area contributed by atoms with Crippen LogP contribution in [0.2, 0.25) is 0 Å². The molecule has 1 saturated carbocycles. The van der Waals surface area contributed by atoms with Gasteiger partial charge in [-0.3, -0.25) is 0 Å². The zero-order valence-electron chi connectivity index (χ0n) is 13.5. The maximum Gasteiger partial charge on any atom is 0.0684 e. The Morgan fingerprint density at radius 2 is 1.95 bits per heavy atom. The first-order valence-corrected chi connectivity index (χ1v) is 8.66. The van der Waals surface area contributed by atoms with Gasteiger partial charge in [-0.1, -0.05) is 20.8 Å². The van der Waals surface area contributed by atoms with Crippen LogP contribution in [0.3, 0.4) is 0 Å². The maximum absolute atomic E-state index is 5.98. The molecule has 0 spiro atoms. The van der Waals surface area contributed by atoms with Crippen molar-refractivity contribution in [2.24, 2.45) is 17.3 Å². The van der Waals surface area contributed by atoms with Crippen molar-refractivity contribution in [1.29, 1.82) is 0 Å². The molecule has 0 radical (unpaired) electrons. The van der Waals surface area contributed by atoms with Crippen LogP contribution in [0, 0.1) is 17.3 Å². The highest BCUT2D eigenvalue weighted by atomic mass is 16.5. The minimum absolute atomic E-state index is 0.321. The third kappa shape index (κ3) is 2.77. The number of nitrogens with one attached hydrogen (secondary N) is 1. The molecule has 0 aromatic heterocycles. The van der Waals surface area contributed by atoms with Crippen molar-refractivity contribution in [3.63, 3.8) is 0 Å². The summed E-state index contributed by atoms with van der Waals surface area (Å²) in [6.07, 6.45) is 5.87. The normalized spacial score (nSPS) is 38.2. The van der Waals surface area contributed by atoms with E-state index in [2.05, 4.69) is 31.0 Å². The summed E-state index contributed by atoms with van der Waals surface area (Å²) in [5.41, 5.74) is 0.321. The maximum atomic E-state index is 5.98. The van der Waals surface area contributed by atoms with Crippen LogP contribution in [-0.4, -0.2) is 49.8 Å². The molecule has 3 unspecified atom stereocenters. The molecule has 3 atom stereocenters. The molecule has 0 aromatic rings. The Bertz CT molecular complexity index is 323. The lowest BCUT2D eigenvalue weighted by molar-refractivity contribution is -0.192. The Hall–Kier alpha value is -0.120. The van der Waals surface area contributed by atoms with Gasteiger partial charge in [-0.2, -0.15) is 0 Å². The summed E-state index contributed by atoms with van der Waals surface area (Å²) < 4.78 is 5.98. The predicted molar refractivity (Wildman–Crippen MR) is 82.9 cm³/mol. The topological polar surface area (TPSA) is 24.5 Å².